The molecule has 0 heterocycles. The summed E-state index contributed by atoms with van der Waals surface area (Å²) in [4.78, 5) is 11.9. The summed E-state index contributed by atoms with van der Waals surface area (Å²) in [6, 6.07) is 4.34. The summed E-state index contributed by atoms with van der Waals surface area (Å²) in [5, 5.41) is 9.77. The van der Waals surface area contributed by atoms with Crippen molar-refractivity contribution in [2.24, 2.45) is 11.3 Å². The summed E-state index contributed by atoms with van der Waals surface area (Å²) in [5.74, 6) is 0.0615. The highest BCUT2D eigenvalue weighted by Crippen LogP contribution is 2.42. The van der Waals surface area contributed by atoms with Gasteiger partial charge in [-0.05, 0) is 75.5 Å². The number of carboxylic acid groups (broad SMARTS) is 1. The second-order valence-corrected chi connectivity index (χ2v) is 6.82. The molecule has 0 bridgehead atoms. The van der Waals surface area contributed by atoms with Gasteiger partial charge in [0.05, 0.1) is 5.41 Å². The van der Waals surface area contributed by atoms with Gasteiger partial charge in [-0.15, -0.1) is 0 Å². The van der Waals surface area contributed by atoms with Gasteiger partial charge in [0.15, 0.2) is 0 Å². The monoisotopic (exact) mass is 274 g/mol. The van der Waals surface area contributed by atoms with Gasteiger partial charge >= 0.3 is 5.97 Å². The van der Waals surface area contributed by atoms with Gasteiger partial charge in [0, 0.05) is 0 Å². The van der Waals surface area contributed by atoms with Gasteiger partial charge < -0.3 is 5.11 Å². The minimum absolute atomic E-state index is 0.544. The van der Waals surface area contributed by atoms with Crippen LogP contribution in [-0.2, 0) is 11.2 Å². The van der Waals surface area contributed by atoms with Crippen LogP contribution in [0.1, 0.15) is 54.9 Å². The topological polar surface area (TPSA) is 37.3 Å². The molecule has 1 aromatic carbocycles. The van der Waals surface area contributed by atoms with E-state index >= 15 is 0 Å². The summed E-state index contributed by atoms with van der Waals surface area (Å²) < 4.78 is 0. The molecular weight excluding hydrogens is 248 g/mol. The molecule has 0 unspecified atom stereocenters. The highest BCUT2D eigenvalue weighted by molar-refractivity contribution is 5.75. The van der Waals surface area contributed by atoms with Crippen LogP contribution in [-0.4, -0.2) is 11.1 Å². The standard InChI is InChI=1S/C18H26O2/c1-12-5-7-18(8-6-12,17(19)20)11-16-14(3)9-13(2)10-15(16)4/h9-10,12H,5-8,11H2,1-4H3,(H,19,20). The molecule has 0 aliphatic heterocycles. The minimum Gasteiger partial charge on any atom is -0.481 e. The van der Waals surface area contributed by atoms with Crippen molar-refractivity contribution in [1.82, 2.24) is 0 Å². The summed E-state index contributed by atoms with van der Waals surface area (Å²) in [6.07, 6.45) is 4.39. The Labute approximate surface area is 122 Å². The van der Waals surface area contributed by atoms with Crippen molar-refractivity contribution in [3.8, 4) is 0 Å². The van der Waals surface area contributed by atoms with Crippen molar-refractivity contribution in [3.05, 3.63) is 34.4 Å². The summed E-state index contributed by atoms with van der Waals surface area (Å²) in [7, 11) is 0. The first-order valence-electron chi connectivity index (χ1n) is 7.64. The number of carboxylic acids is 1. The molecule has 110 valence electrons. The molecule has 1 aliphatic carbocycles. The summed E-state index contributed by atoms with van der Waals surface area (Å²) >= 11 is 0. The normalized spacial score (nSPS) is 26.5. The average Bonchev–Trinajstić information content (AvgIpc) is 2.36. The van der Waals surface area contributed by atoms with Crippen molar-refractivity contribution in [1.29, 1.82) is 0 Å². The SMILES string of the molecule is Cc1cc(C)c(CC2(C(=O)O)CCC(C)CC2)c(C)c1. The Kier molecular flexibility index (Phi) is 4.22. The maximum absolute atomic E-state index is 11.9. The van der Waals surface area contributed by atoms with E-state index in [0.29, 0.717) is 12.3 Å². The second kappa shape index (κ2) is 5.59. The number of hydrogen-bond donors (Lipinski definition) is 1. The second-order valence-electron chi connectivity index (χ2n) is 6.82. The van der Waals surface area contributed by atoms with E-state index < -0.39 is 11.4 Å². The molecular formula is C18H26O2. The molecule has 1 fully saturated rings. The number of aryl methyl sites for hydroxylation is 3. The van der Waals surface area contributed by atoms with Crippen molar-refractivity contribution in [2.45, 2.75) is 59.8 Å². The fourth-order valence-corrected chi connectivity index (χ4v) is 3.61. The number of rotatable bonds is 3. The fraction of sp³-hybridized carbons (Fsp3) is 0.611. The molecule has 20 heavy (non-hydrogen) atoms. The first-order chi connectivity index (χ1) is 9.34. The van der Waals surface area contributed by atoms with Gasteiger partial charge in [0.1, 0.15) is 0 Å². The van der Waals surface area contributed by atoms with Gasteiger partial charge in [-0.25, -0.2) is 0 Å². The molecule has 0 radical (unpaired) electrons. The molecule has 0 spiro atoms. The maximum atomic E-state index is 11.9. The zero-order valence-electron chi connectivity index (χ0n) is 13.1. The molecule has 2 heteroatoms. The number of carbonyl (C=O) groups is 1. The Hall–Kier alpha value is -1.31. The van der Waals surface area contributed by atoms with Crippen molar-refractivity contribution in [2.75, 3.05) is 0 Å². The van der Waals surface area contributed by atoms with Gasteiger partial charge in [0.2, 0.25) is 0 Å². The highest BCUT2D eigenvalue weighted by atomic mass is 16.4. The number of hydrogen-bond acceptors (Lipinski definition) is 1. The third kappa shape index (κ3) is 2.89. The van der Waals surface area contributed by atoms with E-state index in [1.54, 1.807) is 0 Å². The quantitative estimate of drug-likeness (QED) is 0.885. The molecule has 0 amide bonds. The third-order valence-electron chi connectivity index (χ3n) is 5.04. The lowest BCUT2D eigenvalue weighted by Crippen LogP contribution is -2.37. The first kappa shape index (κ1) is 15.1. The van der Waals surface area contributed by atoms with E-state index in [4.69, 9.17) is 0 Å². The van der Waals surface area contributed by atoms with Crippen LogP contribution in [0.3, 0.4) is 0 Å². The van der Waals surface area contributed by atoms with E-state index in [1.165, 1.54) is 22.3 Å². The Bertz CT molecular complexity index is 485. The van der Waals surface area contributed by atoms with Gasteiger partial charge in [-0.2, -0.15) is 0 Å². The summed E-state index contributed by atoms with van der Waals surface area (Å²) in [6.45, 7) is 8.54. The first-order valence-corrected chi connectivity index (χ1v) is 7.64. The van der Waals surface area contributed by atoms with E-state index in [9.17, 15) is 9.90 Å². The van der Waals surface area contributed by atoms with Crippen LogP contribution in [0.5, 0.6) is 0 Å². The molecule has 1 aliphatic rings. The van der Waals surface area contributed by atoms with Gasteiger partial charge in [0.25, 0.3) is 0 Å². The lowest BCUT2D eigenvalue weighted by atomic mass is 9.67. The van der Waals surface area contributed by atoms with Crippen LogP contribution in [0.15, 0.2) is 12.1 Å². The van der Waals surface area contributed by atoms with Gasteiger partial charge in [-0.3, -0.25) is 4.79 Å². The van der Waals surface area contributed by atoms with Crippen LogP contribution in [0, 0.1) is 32.1 Å². The van der Waals surface area contributed by atoms with E-state index in [1.807, 2.05) is 0 Å². The molecule has 0 aromatic heterocycles. The lowest BCUT2D eigenvalue weighted by Gasteiger charge is -2.36. The third-order valence-corrected chi connectivity index (χ3v) is 5.04. The maximum Gasteiger partial charge on any atom is 0.309 e. The molecule has 2 rings (SSSR count). The largest absolute Gasteiger partial charge is 0.481 e. The predicted molar refractivity (Wildman–Crippen MR) is 82.1 cm³/mol. The Balaban J connectivity index is 2.32. The lowest BCUT2D eigenvalue weighted by molar-refractivity contribution is -0.151. The molecule has 1 aromatic rings. The highest BCUT2D eigenvalue weighted by Gasteiger charge is 2.41. The minimum atomic E-state index is -0.608. The van der Waals surface area contributed by atoms with Crippen molar-refractivity contribution < 1.29 is 9.90 Å². The van der Waals surface area contributed by atoms with Crippen molar-refractivity contribution in [3.63, 3.8) is 0 Å². The fourth-order valence-electron chi connectivity index (χ4n) is 3.61. The molecule has 0 atom stereocenters. The van der Waals surface area contributed by atoms with Crippen LogP contribution in [0.25, 0.3) is 0 Å². The summed E-state index contributed by atoms with van der Waals surface area (Å²) in [5.41, 5.74) is 4.43. The molecule has 0 saturated heterocycles. The van der Waals surface area contributed by atoms with Crippen molar-refractivity contribution >= 4 is 5.97 Å². The number of aliphatic carboxylic acids is 1. The Morgan fingerprint density at radius 3 is 2.15 bits per heavy atom. The van der Waals surface area contributed by atoms with E-state index in [0.717, 1.165) is 25.7 Å². The van der Waals surface area contributed by atoms with Gasteiger partial charge in [-0.1, -0.05) is 24.6 Å². The predicted octanol–water partition coefficient (Wildman–Crippen LogP) is 4.44. The van der Waals surface area contributed by atoms with Crippen LogP contribution < -0.4 is 0 Å². The van der Waals surface area contributed by atoms with Crippen LogP contribution >= 0.6 is 0 Å². The van der Waals surface area contributed by atoms with Crippen LogP contribution in [0.2, 0.25) is 0 Å². The van der Waals surface area contributed by atoms with Crippen LogP contribution in [0.4, 0.5) is 0 Å². The number of benzene rings is 1. The zero-order valence-corrected chi connectivity index (χ0v) is 13.1. The molecule has 1 N–H and O–H groups in total. The molecule has 2 nitrogen and oxygen atoms in total. The zero-order chi connectivity index (χ0) is 14.9. The Morgan fingerprint density at radius 1 is 1.20 bits per heavy atom. The van der Waals surface area contributed by atoms with E-state index in [-0.39, 0.29) is 0 Å². The average molecular weight is 274 g/mol. The molecule has 1 saturated carbocycles. The smallest absolute Gasteiger partial charge is 0.309 e. The van der Waals surface area contributed by atoms with E-state index in [2.05, 4.69) is 39.8 Å². The Morgan fingerprint density at radius 2 is 1.70 bits per heavy atom.